The van der Waals surface area contributed by atoms with Crippen molar-refractivity contribution in [3.05, 3.63) is 233 Å². The molecule has 2 aromatic carbocycles. The standard InChI is InChI=1S/C44H38N8O4P4/c1-2-24-45(23-1)57(46-25-3-4-26-46)53-39-19-17-20-40(54-58(47-27-5-6-28-47)48-29-7-8-30-48)43(39)44-41(55-59(49-31-9-10-32-49)50-33-11-12-34-50)21-18-22-42(44)56-60(51-35-13-14-36-51)52-37-15-16-38-52/h1-38H. The average Bonchev–Trinajstić information content (AvgIpc) is 4.13. The zero-order valence-electron chi connectivity index (χ0n) is 31.9. The van der Waals surface area contributed by atoms with E-state index in [4.69, 9.17) is 18.1 Å². The molecule has 0 aliphatic carbocycles. The molecule has 0 saturated carbocycles. The molecule has 0 radical (unpaired) electrons. The summed E-state index contributed by atoms with van der Waals surface area (Å²) in [5.41, 5.74) is 1.37. The van der Waals surface area contributed by atoms with Gasteiger partial charge in [0, 0.05) is 99.1 Å². The fourth-order valence-electron chi connectivity index (χ4n) is 6.54. The molecule has 0 N–H and O–H groups in total. The van der Waals surface area contributed by atoms with Crippen LogP contribution in [0.5, 0.6) is 23.0 Å². The van der Waals surface area contributed by atoms with Crippen LogP contribution in [0.25, 0.3) is 11.1 Å². The van der Waals surface area contributed by atoms with Gasteiger partial charge in [0.05, 0.1) is 11.1 Å². The van der Waals surface area contributed by atoms with Crippen LogP contribution in [-0.4, -0.2) is 34.7 Å². The van der Waals surface area contributed by atoms with Gasteiger partial charge in [-0.15, -0.1) is 0 Å². The topological polar surface area (TPSA) is 76.4 Å². The number of hydrogen-bond acceptors (Lipinski definition) is 4. The van der Waals surface area contributed by atoms with E-state index in [0.29, 0.717) is 34.1 Å². The van der Waals surface area contributed by atoms with E-state index in [9.17, 15) is 0 Å². The molecule has 12 nitrogen and oxygen atoms in total. The fraction of sp³-hybridized carbons (Fsp3) is 0. The largest absolute Gasteiger partial charge is 0.435 e. The summed E-state index contributed by atoms with van der Waals surface area (Å²) in [5.74, 6) is 2.37. The molecule has 60 heavy (non-hydrogen) atoms. The Hall–Kier alpha value is -6.40. The zero-order chi connectivity index (χ0) is 40.1. The third-order valence-corrected chi connectivity index (χ3v) is 16.0. The Bertz CT molecular complexity index is 2270. The van der Waals surface area contributed by atoms with E-state index in [1.165, 1.54) is 0 Å². The van der Waals surface area contributed by atoms with Gasteiger partial charge < -0.3 is 18.1 Å². The number of hydrogen-bond donors (Lipinski definition) is 0. The van der Waals surface area contributed by atoms with Gasteiger partial charge in [-0.05, 0) is 121 Å². The van der Waals surface area contributed by atoms with E-state index < -0.39 is 33.8 Å². The van der Waals surface area contributed by atoms with Crippen molar-refractivity contribution < 1.29 is 18.1 Å². The predicted molar refractivity (Wildman–Crippen MR) is 241 cm³/mol. The highest BCUT2D eigenvalue weighted by atomic mass is 31.2. The molecule has 0 atom stereocenters. The number of benzene rings is 2. The minimum Gasteiger partial charge on any atom is -0.435 e. The first-order valence-electron chi connectivity index (χ1n) is 19.0. The third-order valence-electron chi connectivity index (χ3n) is 9.24. The van der Waals surface area contributed by atoms with E-state index in [1.54, 1.807) is 0 Å². The van der Waals surface area contributed by atoms with Crippen LogP contribution < -0.4 is 18.1 Å². The molecule has 298 valence electrons. The van der Waals surface area contributed by atoms with E-state index in [-0.39, 0.29) is 0 Å². The van der Waals surface area contributed by atoms with Crippen LogP contribution in [0.1, 0.15) is 0 Å². The first-order valence-corrected chi connectivity index (χ1v) is 23.7. The molecule has 8 heterocycles. The lowest BCUT2D eigenvalue weighted by atomic mass is 10.0. The Balaban J connectivity index is 1.20. The molecule has 0 aliphatic heterocycles. The van der Waals surface area contributed by atoms with Crippen LogP contribution in [0.3, 0.4) is 0 Å². The fourth-order valence-corrected chi connectivity index (χ4v) is 12.6. The van der Waals surface area contributed by atoms with Crippen molar-refractivity contribution in [2.75, 3.05) is 0 Å². The van der Waals surface area contributed by atoms with Crippen molar-refractivity contribution >= 4 is 33.8 Å². The molecule has 10 aromatic rings. The summed E-state index contributed by atoms with van der Waals surface area (Å²) in [4.78, 5) is 0. The lowest BCUT2D eigenvalue weighted by molar-refractivity contribution is 0.556. The summed E-state index contributed by atoms with van der Waals surface area (Å²) in [7, 11) is -5.81. The van der Waals surface area contributed by atoms with E-state index in [2.05, 4.69) is 34.7 Å². The molecule has 0 spiro atoms. The van der Waals surface area contributed by atoms with Gasteiger partial charge in [0.15, 0.2) is 0 Å². The zero-order valence-corrected chi connectivity index (χ0v) is 35.5. The lowest BCUT2D eigenvalue weighted by Gasteiger charge is -2.28. The van der Waals surface area contributed by atoms with Crippen LogP contribution in [-0.2, 0) is 0 Å². The number of nitrogens with zero attached hydrogens (tertiary/aromatic N) is 8. The van der Waals surface area contributed by atoms with E-state index in [1.807, 2.05) is 233 Å². The summed E-state index contributed by atoms with van der Waals surface area (Å²) in [5, 5.41) is 0. The minimum atomic E-state index is -1.45. The molecule has 8 aromatic heterocycles. The molecule has 10 rings (SSSR count). The molecule has 0 aliphatic rings. The summed E-state index contributed by atoms with van der Waals surface area (Å²) in [6, 6.07) is 44.1. The molecular formula is C44H38N8O4P4. The third kappa shape index (κ3) is 7.87. The maximum atomic E-state index is 7.28. The second-order valence-corrected chi connectivity index (χ2v) is 19.6. The van der Waals surface area contributed by atoms with Gasteiger partial charge in [-0.3, -0.25) is 34.7 Å². The van der Waals surface area contributed by atoms with Crippen molar-refractivity contribution in [1.29, 1.82) is 0 Å². The van der Waals surface area contributed by atoms with Crippen molar-refractivity contribution in [1.82, 2.24) is 34.7 Å². The highest BCUT2D eigenvalue weighted by Gasteiger charge is 2.31. The Labute approximate surface area is 352 Å². The quantitative estimate of drug-likeness (QED) is 0.0854. The second-order valence-electron chi connectivity index (χ2n) is 13.1. The van der Waals surface area contributed by atoms with Crippen LogP contribution in [0.15, 0.2) is 233 Å². The van der Waals surface area contributed by atoms with Crippen LogP contribution >= 0.6 is 33.8 Å². The SMILES string of the molecule is c1cc(OP(n2cccc2)n2cccc2)c(-c2c(OP(n3cccc3)n3cccc3)cccc2OP(n2cccc2)n2cccc2)c(OP(n2cccc2)n2cccc2)c1. The Kier molecular flexibility index (Phi) is 11.0. The highest BCUT2D eigenvalue weighted by molar-refractivity contribution is 7.50. The Morgan fingerprint density at radius 3 is 0.517 bits per heavy atom. The molecule has 0 bridgehead atoms. The van der Waals surface area contributed by atoms with Crippen LogP contribution in [0.4, 0.5) is 0 Å². The minimum absolute atomic E-state index is 0.592. The molecule has 0 amide bonds. The van der Waals surface area contributed by atoms with Gasteiger partial charge >= 0.3 is 33.8 Å². The summed E-state index contributed by atoms with van der Waals surface area (Å²) < 4.78 is 45.9. The van der Waals surface area contributed by atoms with Crippen molar-refractivity contribution in [3.63, 3.8) is 0 Å². The summed E-state index contributed by atoms with van der Waals surface area (Å²) >= 11 is 0. The van der Waals surface area contributed by atoms with Crippen LogP contribution in [0.2, 0.25) is 0 Å². The van der Waals surface area contributed by atoms with Gasteiger partial charge in [0.1, 0.15) is 23.0 Å². The van der Waals surface area contributed by atoms with E-state index in [0.717, 1.165) is 0 Å². The normalized spacial score (nSPS) is 11.6. The number of aromatic nitrogens is 8. The maximum Gasteiger partial charge on any atom is 0.317 e. The van der Waals surface area contributed by atoms with Gasteiger partial charge in [0.25, 0.3) is 0 Å². The van der Waals surface area contributed by atoms with Crippen molar-refractivity contribution in [2.24, 2.45) is 0 Å². The average molecular weight is 867 g/mol. The van der Waals surface area contributed by atoms with Crippen LogP contribution in [0, 0.1) is 0 Å². The molecule has 0 saturated heterocycles. The monoisotopic (exact) mass is 866 g/mol. The first kappa shape index (κ1) is 37.8. The van der Waals surface area contributed by atoms with Gasteiger partial charge in [0.2, 0.25) is 0 Å². The molecule has 16 heteroatoms. The molecular weight excluding hydrogens is 828 g/mol. The molecule has 0 unspecified atom stereocenters. The Morgan fingerprint density at radius 1 is 0.217 bits per heavy atom. The molecule has 0 fully saturated rings. The van der Waals surface area contributed by atoms with Crippen molar-refractivity contribution in [2.45, 2.75) is 0 Å². The van der Waals surface area contributed by atoms with Gasteiger partial charge in [-0.25, -0.2) is 0 Å². The highest BCUT2D eigenvalue weighted by Crippen LogP contribution is 2.58. The lowest BCUT2D eigenvalue weighted by Crippen LogP contribution is -2.09. The second kappa shape index (κ2) is 17.4. The van der Waals surface area contributed by atoms with E-state index >= 15 is 0 Å². The predicted octanol–water partition coefficient (Wildman–Crippen LogP) is 12.6. The summed E-state index contributed by atoms with van der Waals surface area (Å²) in [6.45, 7) is 0. The van der Waals surface area contributed by atoms with Crippen molar-refractivity contribution in [3.8, 4) is 34.1 Å². The Morgan fingerprint density at radius 2 is 0.367 bits per heavy atom. The maximum absolute atomic E-state index is 7.28. The smallest absolute Gasteiger partial charge is 0.317 e. The summed E-state index contributed by atoms with van der Waals surface area (Å²) in [6.07, 6.45) is 32.4. The first-order chi connectivity index (χ1) is 29.8. The van der Waals surface area contributed by atoms with Gasteiger partial charge in [-0.1, -0.05) is 12.1 Å². The van der Waals surface area contributed by atoms with Gasteiger partial charge in [-0.2, -0.15) is 0 Å². The number of rotatable bonds is 17.